The molecule has 2 rings (SSSR count). The molecule has 0 spiro atoms. The topological polar surface area (TPSA) is 134 Å². The molecule has 0 amide bonds. The first-order chi connectivity index (χ1) is 9.34. The lowest BCUT2D eigenvalue weighted by Gasteiger charge is -2.24. The Hall–Kier alpha value is -1.68. The van der Waals surface area contributed by atoms with Crippen LogP contribution in [0.5, 0.6) is 5.75 Å². The maximum Gasteiger partial charge on any atom is 0.330 e. The van der Waals surface area contributed by atoms with E-state index in [0.29, 0.717) is 0 Å². The molecule has 0 saturated carbocycles. The van der Waals surface area contributed by atoms with Crippen LogP contribution < -0.4 is 16.0 Å². The lowest BCUT2D eigenvalue weighted by atomic mass is 9.99. The maximum absolute atomic E-state index is 11.8. The number of aromatic amines is 1. The van der Waals surface area contributed by atoms with Crippen molar-refractivity contribution in [3.05, 3.63) is 27.0 Å². The van der Waals surface area contributed by atoms with Gasteiger partial charge in [-0.1, -0.05) is 0 Å². The minimum atomic E-state index is -1.44. The summed E-state index contributed by atoms with van der Waals surface area (Å²) in [6.45, 7) is 0.853. The minimum Gasteiger partial charge on any atom is -0.490 e. The van der Waals surface area contributed by atoms with Gasteiger partial charge >= 0.3 is 5.69 Å². The number of hydrogen-bond donors (Lipinski definition) is 4. The predicted molar refractivity (Wildman–Crippen MR) is 65.5 cm³/mol. The van der Waals surface area contributed by atoms with Crippen LogP contribution in [0.15, 0.2) is 15.8 Å². The molecule has 0 bridgehead atoms. The fraction of sp³-hybridized carbons (Fsp3) is 0.636. The van der Waals surface area contributed by atoms with Crippen LogP contribution in [-0.2, 0) is 4.74 Å². The van der Waals surface area contributed by atoms with Crippen LogP contribution in [0.25, 0.3) is 0 Å². The number of nitrogens with one attached hydrogen (secondary N) is 1. The summed E-state index contributed by atoms with van der Waals surface area (Å²) in [7, 11) is 1.25. The van der Waals surface area contributed by atoms with Gasteiger partial charge in [-0.05, 0) is 6.92 Å². The Kier molecular flexibility index (Phi) is 3.69. The lowest BCUT2D eigenvalue weighted by molar-refractivity contribution is -0.118. The van der Waals surface area contributed by atoms with Crippen molar-refractivity contribution in [3.63, 3.8) is 0 Å². The molecule has 4 unspecified atom stereocenters. The van der Waals surface area contributed by atoms with E-state index in [9.17, 15) is 24.9 Å². The number of hydrogen-bond acceptors (Lipinski definition) is 7. The molecule has 1 aromatic rings. The number of H-pyrrole nitrogens is 1. The van der Waals surface area contributed by atoms with Crippen LogP contribution in [-0.4, -0.2) is 56.4 Å². The summed E-state index contributed by atoms with van der Waals surface area (Å²) in [6, 6.07) is 0. The maximum atomic E-state index is 11.8. The number of methoxy groups -OCH3 is 1. The molecule has 4 N–H and O–H groups in total. The molecule has 0 radical (unpaired) electrons. The van der Waals surface area contributed by atoms with Crippen molar-refractivity contribution in [2.45, 2.75) is 31.0 Å². The van der Waals surface area contributed by atoms with E-state index in [1.165, 1.54) is 14.0 Å². The second-order valence-electron chi connectivity index (χ2n) is 4.78. The zero-order chi connectivity index (χ0) is 15.1. The normalized spacial score (nSPS) is 33.4. The Labute approximate surface area is 113 Å². The Morgan fingerprint density at radius 1 is 1.50 bits per heavy atom. The van der Waals surface area contributed by atoms with Crippen LogP contribution in [0, 0.1) is 0 Å². The summed E-state index contributed by atoms with van der Waals surface area (Å²) in [5, 5.41) is 29.0. The van der Waals surface area contributed by atoms with Crippen LogP contribution >= 0.6 is 0 Å². The van der Waals surface area contributed by atoms with Gasteiger partial charge in [0.15, 0.2) is 6.23 Å². The molecule has 1 aliphatic heterocycles. The molecule has 9 heteroatoms. The van der Waals surface area contributed by atoms with E-state index >= 15 is 0 Å². The van der Waals surface area contributed by atoms with E-state index in [1.54, 1.807) is 0 Å². The van der Waals surface area contributed by atoms with E-state index in [-0.39, 0.29) is 5.75 Å². The third kappa shape index (κ3) is 2.14. The lowest BCUT2D eigenvalue weighted by Crippen LogP contribution is -2.43. The van der Waals surface area contributed by atoms with Crippen molar-refractivity contribution in [2.75, 3.05) is 13.7 Å². The SMILES string of the molecule is COc1cn(C2OC(C)(CO)C(O)C2O)c(=O)[nH]c1=O. The number of aliphatic hydroxyl groups excluding tert-OH is 3. The fourth-order valence-electron chi connectivity index (χ4n) is 2.09. The molecule has 2 heterocycles. The number of ether oxygens (including phenoxy) is 2. The number of rotatable bonds is 3. The smallest absolute Gasteiger partial charge is 0.330 e. The summed E-state index contributed by atoms with van der Waals surface area (Å²) < 4.78 is 11.1. The molecular weight excluding hydrogens is 272 g/mol. The first kappa shape index (κ1) is 14.7. The standard InChI is InChI=1S/C11H16N2O7/c1-11(4-14)7(16)6(15)9(20-11)13-3-5(19-2)8(17)12-10(13)18/h3,6-7,9,14-16H,4H2,1-2H3,(H,12,17,18). The zero-order valence-corrected chi connectivity index (χ0v) is 10.9. The highest BCUT2D eigenvalue weighted by Crippen LogP contribution is 2.36. The fourth-order valence-corrected chi connectivity index (χ4v) is 2.09. The molecule has 0 aromatic carbocycles. The third-order valence-electron chi connectivity index (χ3n) is 3.37. The van der Waals surface area contributed by atoms with Gasteiger partial charge in [0, 0.05) is 0 Å². The summed E-state index contributed by atoms with van der Waals surface area (Å²) in [5.74, 6) is -0.146. The summed E-state index contributed by atoms with van der Waals surface area (Å²) in [5.41, 5.74) is -2.95. The van der Waals surface area contributed by atoms with E-state index < -0.39 is 41.9 Å². The van der Waals surface area contributed by atoms with Crippen LogP contribution in [0.2, 0.25) is 0 Å². The number of nitrogens with zero attached hydrogens (tertiary/aromatic N) is 1. The molecule has 112 valence electrons. The highest BCUT2D eigenvalue weighted by molar-refractivity contribution is 5.13. The second-order valence-corrected chi connectivity index (χ2v) is 4.78. The Balaban J connectivity index is 2.48. The van der Waals surface area contributed by atoms with Gasteiger partial charge in [0.25, 0.3) is 5.56 Å². The molecule has 1 aliphatic rings. The van der Waals surface area contributed by atoms with E-state index in [1.807, 2.05) is 4.98 Å². The summed E-state index contributed by atoms with van der Waals surface area (Å²) in [4.78, 5) is 25.2. The Bertz CT molecular complexity index is 610. The van der Waals surface area contributed by atoms with Crippen molar-refractivity contribution in [1.82, 2.24) is 9.55 Å². The highest BCUT2D eigenvalue weighted by Gasteiger charge is 2.52. The van der Waals surface area contributed by atoms with Gasteiger partial charge < -0.3 is 24.8 Å². The summed E-state index contributed by atoms with van der Waals surface area (Å²) in [6.07, 6.45) is -3.01. The van der Waals surface area contributed by atoms with Crippen molar-refractivity contribution in [3.8, 4) is 5.75 Å². The monoisotopic (exact) mass is 288 g/mol. The van der Waals surface area contributed by atoms with Gasteiger partial charge in [0.05, 0.1) is 19.9 Å². The van der Waals surface area contributed by atoms with Gasteiger partial charge in [-0.2, -0.15) is 0 Å². The predicted octanol–water partition coefficient (Wildman–Crippen LogP) is -2.45. The average Bonchev–Trinajstić information content (AvgIpc) is 2.64. The van der Waals surface area contributed by atoms with Crippen molar-refractivity contribution in [1.29, 1.82) is 0 Å². The van der Waals surface area contributed by atoms with Crippen LogP contribution in [0.1, 0.15) is 13.2 Å². The molecular formula is C11H16N2O7. The third-order valence-corrected chi connectivity index (χ3v) is 3.37. The highest BCUT2D eigenvalue weighted by atomic mass is 16.6. The molecule has 1 saturated heterocycles. The number of aliphatic hydroxyl groups is 3. The van der Waals surface area contributed by atoms with Gasteiger partial charge in [0.2, 0.25) is 5.75 Å². The van der Waals surface area contributed by atoms with Crippen molar-refractivity contribution < 1.29 is 24.8 Å². The Morgan fingerprint density at radius 2 is 2.15 bits per heavy atom. The van der Waals surface area contributed by atoms with E-state index in [4.69, 9.17) is 9.47 Å². The average molecular weight is 288 g/mol. The minimum absolute atomic E-state index is 0.146. The molecule has 9 nitrogen and oxygen atoms in total. The molecule has 20 heavy (non-hydrogen) atoms. The molecule has 1 fully saturated rings. The largest absolute Gasteiger partial charge is 0.490 e. The van der Waals surface area contributed by atoms with Crippen molar-refractivity contribution >= 4 is 0 Å². The molecule has 4 atom stereocenters. The van der Waals surface area contributed by atoms with Gasteiger partial charge in [-0.25, -0.2) is 4.79 Å². The Morgan fingerprint density at radius 3 is 2.65 bits per heavy atom. The van der Waals surface area contributed by atoms with Crippen molar-refractivity contribution in [2.24, 2.45) is 0 Å². The molecule has 0 aliphatic carbocycles. The first-order valence-corrected chi connectivity index (χ1v) is 5.88. The zero-order valence-electron chi connectivity index (χ0n) is 10.9. The van der Waals surface area contributed by atoms with E-state index in [0.717, 1.165) is 10.8 Å². The van der Waals surface area contributed by atoms with Crippen LogP contribution in [0.3, 0.4) is 0 Å². The summed E-state index contributed by atoms with van der Waals surface area (Å²) >= 11 is 0. The quantitative estimate of drug-likeness (QED) is 0.485. The molecule has 1 aromatic heterocycles. The second kappa shape index (κ2) is 5.02. The van der Waals surface area contributed by atoms with E-state index in [2.05, 4.69) is 0 Å². The van der Waals surface area contributed by atoms with Crippen LogP contribution in [0.4, 0.5) is 0 Å². The number of aromatic nitrogens is 2. The first-order valence-electron chi connectivity index (χ1n) is 5.88. The van der Waals surface area contributed by atoms with Gasteiger partial charge in [-0.3, -0.25) is 14.3 Å². The van der Waals surface area contributed by atoms with Gasteiger partial charge in [-0.15, -0.1) is 0 Å². The van der Waals surface area contributed by atoms with Gasteiger partial charge in [0.1, 0.15) is 17.8 Å².